The Hall–Kier alpha value is -0.860. The van der Waals surface area contributed by atoms with Gasteiger partial charge in [0.05, 0.1) is 24.1 Å². The zero-order chi connectivity index (χ0) is 28.2. The van der Waals surface area contributed by atoms with Gasteiger partial charge in [-0.3, -0.25) is 0 Å². The van der Waals surface area contributed by atoms with Crippen LogP contribution in [0.4, 0.5) is 4.79 Å². The van der Waals surface area contributed by atoms with E-state index in [4.69, 9.17) is 4.74 Å². The van der Waals surface area contributed by atoms with Crippen molar-refractivity contribution in [2.24, 2.45) is 52.3 Å². The van der Waals surface area contributed by atoms with Crippen LogP contribution in [0.15, 0.2) is 0 Å². The largest absolute Gasteiger partial charge is 0.449 e. The molecular formula is C31H53NO6S. The van der Waals surface area contributed by atoms with Gasteiger partial charge in [-0.1, -0.05) is 53.4 Å². The molecule has 0 saturated heterocycles. The molecule has 39 heavy (non-hydrogen) atoms. The molecule has 11 atom stereocenters. The number of ether oxygens (including phenoxy) is 1. The van der Waals surface area contributed by atoms with Gasteiger partial charge in [0.15, 0.2) is 0 Å². The topological polar surface area (TPSA) is 113 Å². The van der Waals surface area contributed by atoms with Crippen LogP contribution in [0, 0.1) is 52.3 Å². The van der Waals surface area contributed by atoms with Gasteiger partial charge in [0.1, 0.15) is 0 Å². The van der Waals surface area contributed by atoms with Crippen LogP contribution in [0.1, 0.15) is 111 Å². The van der Waals surface area contributed by atoms with Gasteiger partial charge < -0.3 is 14.9 Å². The van der Waals surface area contributed by atoms with Gasteiger partial charge in [-0.05, 0) is 110 Å². The Kier molecular flexibility index (Phi) is 8.42. The number of nitrogens with one attached hydrogen (secondary N) is 1. The van der Waals surface area contributed by atoms with E-state index in [-0.39, 0.29) is 47.4 Å². The normalized spacial score (nSPS) is 45.5. The number of carbonyl (C=O) groups is 1. The summed E-state index contributed by atoms with van der Waals surface area (Å²) in [4.78, 5) is 12.5. The molecule has 5 aliphatic rings. The number of amides is 1. The fourth-order valence-electron chi connectivity index (χ4n) is 10.9. The second kappa shape index (κ2) is 11.1. The Morgan fingerprint density at radius 2 is 1.62 bits per heavy atom. The lowest BCUT2D eigenvalue weighted by atomic mass is 9.41. The molecule has 0 aromatic heterocycles. The summed E-state index contributed by atoms with van der Waals surface area (Å²) < 4.78 is 33.0. The highest BCUT2D eigenvalue weighted by Crippen LogP contribution is 2.69. The SMILES string of the molecule is CC[C@H]1[C@@H](O)[C@@H]2[C@H](CC[C@]3(C)C([C@H](C)COC(=O)NS(=O)(=O)C4CCCCC4)CC[C@@H]23)[C@@]2(C)CC[C@@H](O)C[C@@H]12. The molecule has 224 valence electrons. The van der Waals surface area contributed by atoms with Crippen molar-refractivity contribution >= 4 is 16.1 Å². The summed E-state index contributed by atoms with van der Waals surface area (Å²) in [6.45, 7) is 9.42. The highest BCUT2D eigenvalue weighted by atomic mass is 32.2. The first kappa shape index (κ1) is 29.6. The minimum atomic E-state index is -3.70. The summed E-state index contributed by atoms with van der Waals surface area (Å²) in [6.07, 6.45) is 10.7. The van der Waals surface area contributed by atoms with Gasteiger partial charge in [-0.2, -0.15) is 0 Å². The fraction of sp³-hybridized carbons (Fsp3) is 0.968. The maximum Gasteiger partial charge on any atom is 0.420 e. The van der Waals surface area contributed by atoms with E-state index in [1.807, 2.05) is 0 Å². The predicted octanol–water partition coefficient (Wildman–Crippen LogP) is 5.64. The van der Waals surface area contributed by atoms with E-state index in [9.17, 15) is 23.4 Å². The third-order valence-corrected chi connectivity index (χ3v) is 14.6. The molecule has 8 heteroatoms. The molecule has 5 saturated carbocycles. The van der Waals surface area contributed by atoms with E-state index in [1.165, 1.54) is 0 Å². The highest BCUT2D eigenvalue weighted by Gasteiger charge is 2.64. The van der Waals surface area contributed by atoms with E-state index >= 15 is 0 Å². The number of aliphatic hydroxyl groups excluding tert-OH is 2. The number of hydrogen-bond donors (Lipinski definition) is 3. The van der Waals surface area contributed by atoms with Gasteiger partial charge in [0.25, 0.3) is 0 Å². The molecule has 5 aliphatic carbocycles. The molecule has 3 N–H and O–H groups in total. The molecular weight excluding hydrogens is 514 g/mol. The van der Waals surface area contributed by atoms with Crippen molar-refractivity contribution in [3.8, 4) is 0 Å². The number of sulfonamides is 1. The van der Waals surface area contributed by atoms with Crippen molar-refractivity contribution in [2.75, 3.05) is 6.61 Å². The van der Waals surface area contributed by atoms with Crippen LogP contribution in [-0.4, -0.2) is 48.8 Å². The minimum Gasteiger partial charge on any atom is -0.449 e. The molecule has 0 heterocycles. The maximum atomic E-state index is 12.6. The van der Waals surface area contributed by atoms with Gasteiger partial charge in [0.2, 0.25) is 10.0 Å². The summed E-state index contributed by atoms with van der Waals surface area (Å²) in [5.74, 6) is 2.34. The number of rotatable bonds is 6. The van der Waals surface area contributed by atoms with Gasteiger partial charge in [0, 0.05) is 0 Å². The molecule has 0 bridgehead atoms. The second-order valence-corrected chi connectivity index (χ2v) is 16.6. The zero-order valence-corrected chi connectivity index (χ0v) is 25.4. The van der Waals surface area contributed by atoms with Crippen molar-refractivity contribution in [3.63, 3.8) is 0 Å². The maximum absolute atomic E-state index is 12.6. The van der Waals surface area contributed by atoms with Gasteiger partial charge in [-0.25, -0.2) is 17.9 Å². The third-order valence-electron chi connectivity index (χ3n) is 12.8. The number of fused-ring (bicyclic) bond motifs is 5. The Morgan fingerprint density at radius 1 is 0.949 bits per heavy atom. The molecule has 0 radical (unpaired) electrons. The lowest BCUT2D eigenvalue weighted by Gasteiger charge is -2.64. The quantitative estimate of drug-likeness (QED) is 0.383. The molecule has 1 amide bonds. The second-order valence-electron chi connectivity index (χ2n) is 14.6. The number of carbonyl (C=O) groups excluding carboxylic acids is 1. The van der Waals surface area contributed by atoms with E-state index in [0.29, 0.717) is 36.5 Å². The average Bonchev–Trinajstić information content (AvgIpc) is 3.26. The first-order chi connectivity index (χ1) is 18.4. The van der Waals surface area contributed by atoms with E-state index < -0.39 is 21.4 Å². The minimum absolute atomic E-state index is 0.0746. The molecule has 5 fully saturated rings. The molecule has 7 nitrogen and oxygen atoms in total. The summed E-state index contributed by atoms with van der Waals surface area (Å²) in [5.41, 5.74) is 0.255. The highest BCUT2D eigenvalue weighted by molar-refractivity contribution is 7.90. The number of aliphatic hydroxyl groups is 2. The van der Waals surface area contributed by atoms with Crippen molar-refractivity contribution in [2.45, 2.75) is 129 Å². The van der Waals surface area contributed by atoms with Crippen LogP contribution in [-0.2, 0) is 14.8 Å². The van der Waals surface area contributed by atoms with Crippen LogP contribution in [0.2, 0.25) is 0 Å². The van der Waals surface area contributed by atoms with Crippen LogP contribution < -0.4 is 4.72 Å². The Morgan fingerprint density at radius 3 is 2.31 bits per heavy atom. The Bertz CT molecular complexity index is 997. The molecule has 1 unspecified atom stereocenters. The molecule has 5 rings (SSSR count). The average molecular weight is 568 g/mol. The zero-order valence-electron chi connectivity index (χ0n) is 24.6. The smallest absolute Gasteiger partial charge is 0.420 e. The lowest BCUT2D eigenvalue weighted by molar-refractivity contribution is -0.203. The fourth-order valence-corrected chi connectivity index (χ4v) is 12.3. The van der Waals surface area contributed by atoms with Crippen LogP contribution in [0.5, 0.6) is 0 Å². The van der Waals surface area contributed by atoms with Crippen molar-refractivity contribution in [1.82, 2.24) is 4.72 Å². The van der Waals surface area contributed by atoms with Crippen LogP contribution >= 0.6 is 0 Å². The number of hydrogen-bond acceptors (Lipinski definition) is 6. The third kappa shape index (κ3) is 5.17. The van der Waals surface area contributed by atoms with Gasteiger partial charge in [-0.15, -0.1) is 0 Å². The Labute approximate surface area is 236 Å². The van der Waals surface area contributed by atoms with Crippen molar-refractivity contribution < 1.29 is 28.2 Å². The van der Waals surface area contributed by atoms with E-state index in [0.717, 1.165) is 70.6 Å². The predicted molar refractivity (Wildman–Crippen MR) is 151 cm³/mol. The molecule has 0 aliphatic heterocycles. The van der Waals surface area contributed by atoms with Gasteiger partial charge >= 0.3 is 6.09 Å². The summed E-state index contributed by atoms with van der Waals surface area (Å²) in [5, 5.41) is 21.9. The molecule has 0 aromatic carbocycles. The van der Waals surface area contributed by atoms with Crippen LogP contribution in [0.25, 0.3) is 0 Å². The van der Waals surface area contributed by atoms with Crippen LogP contribution in [0.3, 0.4) is 0 Å². The molecule has 0 aromatic rings. The first-order valence-corrected chi connectivity index (χ1v) is 17.5. The van der Waals surface area contributed by atoms with Crippen molar-refractivity contribution in [1.29, 1.82) is 0 Å². The summed E-state index contributed by atoms with van der Waals surface area (Å²) >= 11 is 0. The Balaban J connectivity index is 1.25. The standard InChI is InChI=1S/C31H53NO6S/c1-5-22-26-17-20(33)13-15-31(26,4)25-14-16-30(3)23(11-12-24(30)27(25)28(22)34)19(2)18-38-29(35)32-39(36,37)21-9-7-6-8-10-21/h19-28,33-34H,5-18H2,1-4H3,(H,32,35)/t19-,20-,22-,23?,24+,25+,26+,27+,28-,30-,31-/m1/s1. The summed E-state index contributed by atoms with van der Waals surface area (Å²) in [7, 11) is -3.70. The summed E-state index contributed by atoms with van der Waals surface area (Å²) in [6, 6.07) is 0. The molecule has 0 spiro atoms. The first-order valence-electron chi connectivity index (χ1n) is 16.0. The van der Waals surface area contributed by atoms with Crippen molar-refractivity contribution in [3.05, 3.63) is 0 Å². The van der Waals surface area contributed by atoms with E-state index in [1.54, 1.807) is 0 Å². The lowest BCUT2D eigenvalue weighted by Crippen LogP contribution is -2.62. The monoisotopic (exact) mass is 567 g/mol. The van der Waals surface area contributed by atoms with E-state index in [2.05, 4.69) is 32.4 Å².